The SMILES string of the molecule is COc1ccc2c(O[C@@H]3C[C@H]4C(=O)N[C@H](C(=O)O)CC/C=C\CCCCC[C@H](NC(=O)NC(CN5Cc6ccccc6S5(=O)=O)C(C)(C)C)C(=O)N4C3)cc(-c3csc(NC(C)C)n3)nc2c1. The highest BCUT2D eigenvalue weighted by atomic mass is 32.2. The van der Waals surface area contributed by atoms with E-state index in [0.717, 1.165) is 24.4 Å². The van der Waals surface area contributed by atoms with E-state index in [4.69, 9.17) is 19.4 Å². The second-order valence-corrected chi connectivity index (χ2v) is 21.6. The highest BCUT2D eigenvalue weighted by Gasteiger charge is 2.45. The molecule has 2 aromatic heterocycles. The van der Waals surface area contributed by atoms with Gasteiger partial charge in [-0.05, 0) is 75.1 Å². The lowest BCUT2D eigenvalue weighted by atomic mass is 9.86. The standard InChI is InChI=1S/C48H62N8O9S2/c1-29(2)49-47-53-38(28-66-47)37-24-40(33-21-20-31(64-6)22-36(33)50-37)65-32-23-39-43(57)51-35(45(59)60)18-13-11-9-7-8-10-12-17-34(44(58)56(39)26-32)52-46(61)54-42(48(3,4)5)27-55-25-30-16-14-15-19-41(30)67(55,62)63/h9,11,14-16,19-22,24,28-29,32,34-35,39,42H,7-8,10,12-13,17-18,23,25-27H2,1-6H3,(H,49,53)(H,51,57)(H,59,60)(H2,52,54,61)/b11-9-/t32-,34+,35+,39+,42?/m1/s1. The summed E-state index contributed by atoms with van der Waals surface area (Å²) in [5, 5.41) is 25.4. The molecule has 1 saturated heterocycles. The number of hydrogen-bond acceptors (Lipinski definition) is 12. The highest BCUT2D eigenvalue weighted by molar-refractivity contribution is 7.89. The van der Waals surface area contributed by atoms with Gasteiger partial charge in [-0.15, -0.1) is 11.3 Å². The number of pyridine rings is 1. The lowest BCUT2D eigenvalue weighted by molar-refractivity contribution is -0.144. The molecule has 0 radical (unpaired) electrons. The van der Waals surface area contributed by atoms with E-state index in [1.165, 1.54) is 20.5 Å². The number of benzene rings is 2. The van der Waals surface area contributed by atoms with Crippen molar-refractivity contribution in [3.05, 3.63) is 71.6 Å². The molecule has 0 aliphatic carbocycles. The van der Waals surface area contributed by atoms with E-state index < -0.39 is 69.5 Å². The number of anilines is 1. The number of rotatable bonds is 11. The van der Waals surface area contributed by atoms with Crippen molar-refractivity contribution in [2.45, 2.75) is 134 Å². The third-order valence-electron chi connectivity index (χ3n) is 12.3. The van der Waals surface area contributed by atoms with Crippen LogP contribution < -0.4 is 30.7 Å². The number of carbonyl (C=O) groups excluding carboxylic acids is 3. The zero-order valence-electron chi connectivity index (χ0n) is 38.9. The van der Waals surface area contributed by atoms with E-state index in [2.05, 4.69) is 21.3 Å². The molecule has 2 aromatic carbocycles. The Morgan fingerprint density at radius 3 is 2.51 bits per heavy atom. The van der Waals surface area contributed by atoms with Gasteiger partial charge in [0, 0.05) is 54.5 Å². The summed E-state index contributed by atoms with van der Waals surface area (Å²) in [7, 11) is -2.23. The number of thiazole rings is 1. The van der Waals surface area contributed by atoms with Gasteiger partial charge in [-0.1, -0.05) is 64.0 Å². The van der Waals surface area contributed by atoms with Crippen molar-refractivity contribution in [1.82, 2.24) is 35.1 Å². The minimum atomic E-state index is -3.80. The van der Waals surface area contributed by atoms with Crippen molar-refractivity contribution < 1.29 is 42.2 Å². The molecular formula is C48H62N8O9S2. The number of carbonyl (C=O) groups is 4. The van der Waals surface area contributed by atoms with Crippen LogP contribution in [0.5, 0.6) is 11.5 Å². The zero-order chi connectivity index (χ0) is 48.0. The van der Waals surface area contributed by atoms with Gasteiger partial charge in [0.1, 0.15) is 41.4 Å². The van der Waals surface area contributed by atoms with Crippen molar-refractivity contribution in [3.8, 4) is 22.9 Å². The van der Waals surface area contributed by atoms with Crippen molar-refractivity contribution >= 4 is 61.2 Å². The fourth-order valence-corrected chi connectivity index (χ4v) is 11.1. The number of aliphatic carboxylic acids is 1. The van der Waals surface area contributed by atoms with Gasteiger partial charge in [0.15, 0.2) is 5.13 Å². The largest absolute Gasteiger partial charge is 0.497 e. The molecule has 0 bridgehead atoms. The summed E-state index contributed by atoms with van der Waals surface area (Å²) in [4.78, 5) is 67.1. The first-order chi connectivity index (χ1) is 31.9. The van der Waals surface area contributed by atoms with E-state index in [1.807, 2.05) is 58.2 Å². The predicted octanol–water partition coefficient (Wildman–Crippen LogP) is 6.69. The normalized spacial score (nSPS) is 22.6. The van der Waals surface area contributed by atoms with Gasteiger partial charge in [0.25, 0.3) is 0 Å². The van der Waals surface area contributed by atoms with Crippen molar-refractivity contribution in [2.24, 2.45) is 5.41 Å². The lowest BCUT2D eigenvalue weighted by Crippen LogP contribution is -2.59. The summed E-state index contributed by atoms with van der Waals surface area (Å²) < 4.78 is 40.8. The van der Waals surface area contributed by atoms with E-state index in [1.54, 1.807) is 49.6 Å². The fourth-order valence-electron chi connectivity index (χ4n) is 8.62. The summed E-state index contributed by atoms with van der Waals surface area (Å²) in [6.45, 7) is 9.87. The van der Waals surface area contributed by atoms with Crippen LogP contribution in [0, 0.1) is 5.41 Å². The number of nitrogens with zero attached hydrogens (tertiary/aromatic N) is 4. The second-order valence-electron chi connectivity index (χ2n) is 18.8. The number of carboxylic acid groups (broad SMARTS) is 1. The number of amides is 4. The number of ether oxygens (including phenoxy) is 2. The summed E-state index contributed by atoms with van der Waals surface area (Å²) in [6.07, 6.45) is 6.95. The Balaban J connectivity index is 1.18. The number of carboxylic acids is 1. The maximum Gasteiger partial charge on any atom is 0.326 e. The minimum absolute atomic E-state index is 0.00511. The number of urea groups is 1. The quantitative estimate of drug-likeness (QED) is 0.0993. The Morgan fingerprint density at radius 2 is 1.78 bits per heavy atom. The Morgan fingerprint density at radius 1 is 1.00 bits per heavy atom. The maximum absolute atomic E-state index is 15.0. The third-order valence-corrected chi connectivity index (χ3v) is 15.0. The number of nitrogens with one attached hydrogen (secondary N) is 4. The van der Waals surface area contributed by atoms with Gasteiger partial charge in [-0.2, -0.15) is 4.31 Å². The average Bonchev–Trinajstić information content (AvgIpc) is 3.99. The third kappa shape index (κ3) is 11.9. The fraction of sp³-hybridized carbons (Fsp3) is 0.500. The van der Waals surface area contributed by atoms with E-state index in [9.17, 15) is 32.7 Å². The van der Waals surface area contributed by atoms with Gasteiger partial charge in [-0.3, -0.25) is 9.59 Å². The Hall–Kier alpha value is -5.79. The van der Waals surface area contributed by atoms with Crippen LogP contribution in [0.15, 0.2) is 71.0 Å². The van der Waals surface area contributed by atoms with Gasteiger partial charge in [-0.25, -0.2) is 28.0 Å². The maximum atomic E-state index is 15.0. The topological polar surface area (TPSA) is 221 Å². The molecule has 0 saturated carbocycles. The molecule has 3 aliphatic heterocycles. The van der Waals surface area contributed by atoms with Crippen molar-refractivity contribution in [3.63, 3.8) is 0 Å². The van der Waals surface area contributed by atoms with Crippen LogP contribution in [0.1, 0.15) is 91.5 Å². The molecule has 5 N–H and O–H groups in total. The van der Waals surface area contributed by atoms with E-state index >= 15 is 0 Å². The van der Waals surface area contributed by atoms with Gasteiger partial charge >= 0.3 is 12.0 Å². The lowest BCUT2D eigenvalue weighted by Gasteiger charge is -2.35. The molecule has 67 heavy (non-hydrogen) atoms. The van der Waals surface area contributed by atoms with Gasteiger partial charge in [0.2, 0.25) is 21.8 Å². The monoisotopic (exact) mass is 958 g/mol. The molecule has 0 spiro atoms. The van der Waals surface area contributed by atoms with Gasteiger partial charge in [0.05, 0.1) is 29.8 Å². The molecule has 4 amide bonds. The summed E-state index contributed by atoms with van der Waals surface area (Å²) >= 11 is 1.45. The molecule has 1 unspecified atom stereocenters. The van der Waals surface area contributed by atoms with Crippen molar-refractivity contribution in [2.75, 3.05) is 25.5 Å². The van der Waals surface area contributed by atoms with Crippen LogP contribution in [0.3, 0.4) is 0 Å². The van der Waals surface area contributed by atoms with Gasteiger partial charge < -0.3 is 40.7 Å². The number of aromatic nitrogens is 2. The van der Waals surface area contributed by atoms with E-state index in [-0.39, 0.29) is 49.8 Å². The molecule has 3 aliphatic rings. The summed E-state index contributed by atoms with van der Waals surface area (Å²) in [5.41, 5.74) is 1.81. The molecule has 1 fully saturated rings. The number of fused-ring (bicyclic) bond motifs is 3. The Labute approximate surface area is 396 Å². The molecule has 5 atom stereocenters. The summed E-state index contributed by atoms with van der Waals surface area (Å²) in [6, 6.07) is 9.42. The van der Waals surface area contributed by atoms with Crippen LogP contribution >= 0.6 is 11.3 Å². The van der Waals surface area contributed by atoms with Crippen LogP contribution in [0.2, 0.25) is 0 Å². The molecular weight excluding hydrogens is 897 g/mol. The van der Waals surface area contributed by atoms with Crippen LogP contribution in [-0.4, -0.2) is 113 Å². The Bertz CT molecular complexity index is 2590. The Kier molecular flexibility index (Phi) is 15.4. The molecule has 19 heteroatoms. The molecule has 5 heterocycles. The molecule has 360 valence electrons. The van der Waals surface area contributed by atoms with Crippen LogP contribution in [0.4, 0.5) is 9.93 Å². The smallest absolute Gasteiger partial charge is 0.326 e. The first-order valence-electron chi connectivity index (χ1n) is 22.9. The van der Waals surface area contributed by atoms with Crippen LogP contribution in [-0.2, 0) is 31.0 Å². The minimum Gasteiger partial charge on any atom is -0.497 e. The van der Waals surface area contributed by atoms with E-state index in [0.29, 0.717) is 52.2 Å². The average molecular weight is 959 g/mol. The first-order valence-corrected chi connectivity index (χ1v) is 25.2. The molecule has 17 nitrogen and oxygen atoms in total. The second kappa shape index (κ2) is 21.0. The van der Waals surface area contributed by atoms with Crippen molar-refractivity contribution in [1.29, 1.82) is 0 Å². The predicted molar refractivity (Wildman–Crippen MR) is 256 cm³/mol. The number of hydrogen-bond donors (Lipinski definition) is 5. The van der Waals surface area contributed by atoms with Crippen LogP contribution in [0.25, 0.3) is 22.3 Å². The number of sulfonamides is 1. The highest BCUT2D eigenvalue weighted by Crippen LogP contribution is 2.36. The molecule has 4 aromatic rings. The first kappa shape index (κ1) is 49.1. The zero-order valence-corrected chi connectivity index (χ0v) is 40.5. The number of allylic oxidation sites excluding steroid dienone is 2. The summed E-state index contributed by atoms with van der Waals surface area (Å²) in [5.74, 6) is -1.35. The number of methoxy groups -OCH3 is 1. The molecule has 7 rings (SSSR count).